The van der Waals surface area contributed by atoms with E-state index in [9.17, 15) is 4.79 Å². The van der Waals surface area contributed by atoms with Gasteiger partial charge in [0, 0.05) is 6.54 Å². The molecule has 5 rings (SSSR count). The molecule has 5 nitrogen and oxygen atoms in total. The summed E-state index contributed by atoms with van der Waals surface area (Å²) in [7, 11) is 0. The zero-order valence-corrected chi connectivity index (χ0v) is 18.0. The molecule has 0 aliphatic rings. The number of rotatable bonds is 6. The average molecular weight is 427 g/mol. The van der Waals surface area contributed by atoms with Crippen LogP contribution in [0.3, 0.4) is 0 Å². The number of thioether (sulfide) groups is 1. The Balaban J connectivity index is 1.47. The van der Waals surface area contributed by atoms with Crippen LogP contribution in [0.5, 0.6) is 0 Å². The van der Waals surface area contributed by atoms with E-state index in [1.165, 1.54) is 5.56 Å². The van der Waals surface area contributed by atoms with Gasteiger partial charge >= 0.3 is 0 Å². The largest absolute Gasteiger partial charge is 0.319 e. The Morgan fingerprint density at radius 3 is 2.45 bits per heavy atom. The summed E-state index contributed by atoms with van der Waals surface area (Å²) < 4.78 is 2.27. The number of para-hydroxylation sites is 3. The highest BCUT2D eigenvalue weighted by Crippen LogP contribution is 2.34. The van der Waals surface area contributed by atoms with Crippen LogP contribution >= 0.6 is 11.8 Å². The van der Waals surface area contributed by atoms with E-state index in [-0.39, 0.29) is 10.8 Å². The van der Waals surface area contributed by atoms with Gasteiger partial charge in [0.1, 0.15) is 5.82 Å². The second-order valence-electron chi connectivity index (χ2n) is 7.50. The molecule has 0 saturated carbocycles. The maximum absolute atomic E-state index is 12.5. The van der Waals surface area contributed by atoms with Crippen molar-refractivity contribution < 1.29 is 0 Å². The summed E-state index contributed by atoms with van der Waals surface area (Å²) in [5.74, 6) is 0.662. The molecule has 2 heterocycles. The first-order valence-corrected chi connectivity index (χ1v) is 11.2. The Morgan fingerprint density at radius 2 is 1.61 bits per heavy atom. The van der Waals surface area contributed by atoms with Crippen molar-refractivity contribution in [2.75, 3.05) is 0 Å². The Morgan fingerprint density at radius 1 is 0.903 bits per heavy atom. The number of fused-ring (bicyclic) bond motifs is 2. The fraction of sp³-hybridized carbons (Fsp3) is 0.160. The summed E-state index contributed by atoms with van der Waals surface area (Å²) in [4.78, 5) is 25.0. The number of imidazole rings is 1. The molecule has 0 saturated heterocycles. The molecule has 6 heteroatoms. The summed E-state index contributed by atoms with van der Waals surface area (Å²) in [5.41, 5.74) is 4.00. The second-order valence-corrected chi connectivity index (χ2v) is 8.81. The lowest BCUT2D eigenvalue weighted by Gasteiger charge is -2.13. The molecule has 3 aromatic carbocycles. The van der Waals surface area contributed by atoms with Gasteiger partial charge in [0.05, 0.1) is 27.2 Å². The van der Waals surface area contributed by atoms with E-state index < -0.39 is 0 Å². The van der Waals surface area contributed by atoms with E-state index in [4.69, 9.17) is 9.97 Å². The third kappa shape index (κ3) is 3.99. The zero-order chi connectivity index (χ0) is 21.2. The van der Waals surface area contributed by atoms with Crippen molar-refractivity contribution >= 4 is 33.7 Å². The van der Waals surface area contributed by atoms with Gasteiger partial charge in [-0.2, -0.15) is 0 Å². The molecule has 0 bridgehead atoms. The minimum absolute atomic E-state index is 0.0513. The van der Waals surface area contributed by atoms with E-state index >= 15 is 0 Å². The lowest BCUT2D eigenvalue weighted by atomic mass is 10.1. The van der Waals surface area contributed by atoms with Crippen molar-refractivity contribution in [1.82, 2.24) is 19.5 Å². The Labute approximate surface area is 184 Å². The van der Waals surface area contributed by atoms with E-state index in [1.807, 2.05) is 42.5 Å². The SMILES string of the molecule is C[C@@H](Sc1nc2ccccc2n1CCc1ccccc1)c1nc2ccccc2c(=O)[nH]1. The molecule has 0 fully saturated rings. The third-order valence-electron chi connectivity index (χ3n) is 5.38. The lowest BCUT2D eigenvalue weighted by Crippen LogP contribution is -2.13. The Hall–Kier alpha value is -3.38. The van der Waals surface area contributed by atoms with Crippen molar-refractivity contribution in [1.29, 1.82) is 0 Å². The number of hydrogen-bond acceptors (Lipinski definition) is 4. The maximum Gasteiger partial charge on any atom is 0.258 e. The van der Waals surface area contributed by atoms with Gasteiger partial charge in [-0.25, -0.2) is 9.97 Å². The number of benzene rings is 3. The second kappa shape index (κ2) is 8.40. The molecule has 31 heavy (non-hydrogen) atoms. The van der Waals surface area contributed by atoms with Crippen LogP contribution in [-0.2, 0) is 13.0 Å². The smallest absolute Gasteiger partial charge is 0.258 e. The number of aromatic amines is 1. The van der Waals surface area contributed by atoms with Gasteiger partial charge in [0.2, 0.25) is 0 Å². The standard InChI is InChI=1S/C25H22N4OS/c1-17(23-26-20-12-6-5-11-19(20)24(30)28-23)31-25-27-21-13-7-8-14-22(21)29(25)16-15-18-9-3-2-4-10-18/h2-14,17H,15-16H2,1H3,(H,26,28,30)/t17-/m1/s1. The Kier molecular flexibility index (Phi) is 5.30. The normalized spacial score (nSPS) is 12.4. The van der Waals surface area contributed by atoms with Crippen LogP contribution in [0.15, 0.2) is 88.8 Å². The van der Waals surface area contributed by atoms with Crippen LogP contribution in [0.1, 0.15) is 23.6 Å². The number of aromatic nitrogens is 4. The van der Waals surface area contributed by atoms with Gasteiger partial charge in [-0.1, -0.05) is 66.4 Å². The fourth-order valence-corrected chi connectivity index (χ4v) is 4.76. The van der Waals surface area contributed by atoms with Crippen LogP contribution in [0.2, 0.25) is 0 Å². The third-order valence-corrected chi connectivity index (χ3v) is 6.48. The number of nitrogens with one attached hydrogen (secondary N) is 1. The molecule has 1 N–H and O–H groups in total. The topological polar surface area (TPSA) is 63.6 Å². The maximum atomic E-state index is 12.5. The van der Waals surface area contributed by atoms with Crippen LogP contribution in [0, 0.1) is 0 Å². The van der Waals surface area contributed by atoms with Crippen LogP contribution in [0.4, 0.5) is 0 Å². The monoisotopic (exact) mass is 426 g/mol. The van der Waals surface area contributed by atoms with Crippen molar-refractivity contribution in [3.05, 3.63) is 101 Å². The van der Waals surface area contributed by atoms with Crippen molar-refractivity contribution in [2.45, 2.75) is 30.3 Å². The molecule has 5 aromatic rings. The number of H-pyrrole nitrogens is 1. The minimum atomic E-state index is -0.106. The van der Waals surface area contributed by atoms with Gasteiger partial charge < -0.3 is 9.55 Å². The van der Waals surface area contributed by atoms with Crippen molar-refractivity contribution in [3.63, 3.8) is 0 Å². The highest BCUT2D eigenvalue weighted by Gasteiger charge is 2.18. The molecule has 0 radical (unpaired) electrons. The van der Waals surface area contributed by atoms with Crippen molar-refractivity contribution in [3.8, 4) is 0 Å². The zero-order valence-electron chi connectivity index (χ0n) is 17.2. The van der Waals surface area contributed by atoms with Crippen LogP contribution in [-0.4, -0.2) is 19.5 Å². The van der Waals surface area contributed by atoms with Gasteiger partial charge in [0.25, 0.3) is 5.56 Å². The molecular weight excluding hydrogens is 404 g/mol. The predicted octanol–water partition coefficient (Wildman–Crippen LogP) is 5.37. The van der Waals surface area contributed by atoms with Crippen molar-refractivity contribution in [2.24, 2.45) is 0 Å². The first-order valence-electron chi connectivity index (χ1n) is 10.3. The lowest BCUT2D eigenvalue weighted by molar-refractivity contribution is 0.650. The highest BCUT2D eigenvalue weighted by molar-refractivity contribution is 7.99. The summed E-state index contributed by atoms with van der Waals surface area (Å²) in [6.07, 6.45) is 0.925. The van der Waals surface area contributed by atoms with Gasteiger partial charge in [-0.15, -0.1) is 0 Å². The summed E-state index contributed by atoms with van der Waals surface area (Å²) in [5, 5.41) is 1.49. The van der Waals surface area contributed by atoms with E-state index in [1.54, 1.807) is 17.8 Å². The van der Waals surface area contributed by atoms with Crippen LogP contribution < -0.4 is 5.56 Å². The molecule has 1 atom stereocenters. The Bertz CT molecular complexity index is 1410. The quantitative estimate of drug-likeness (QED) is 0.371. The summed E-state index contributed by atoms with van der Waals surface area (Å²) in [6.45, 7) is 2.89. The minimum Gasteiger partial charge on any atom is -0.319 e. The molecule has 0 spiro atoms. The van der Waals surface area contributed by atoms with Gasteiger partial charge in [0.15, 0.2) is 5.16 Å². The van der Waals surface area contributed by atoms with E-state index in [0.717, 1.165) is 29.2 Å². The molecule has 2 aromatic heterocycles. The molecule has 154 valence electrons. The number of aryl methyl sites for hydroxylation is 2. The highest BCUT2D eigenvalue weighted by atomic mass is 32.2. The average Bonchev–Trinajstić information content (AvgIpc) is 3.15. The first-order chi connectivity index (χ1) is 15.2. The molecule has 0 amide bonds. The molecule has 0 unspecified atom stereocenters. The van der Waals surface area contributed by atoms with E-state index in [0.29, 0.717) is 16.7 Å². The molecular formula is C25H22N4OS. The van der Waals surface area contributed by atoms with E-state index in [2.05, 4.69) is 46.8 Å². The van der Waals surface area contributed by atoms with Crippen LogP contribution in [0.25, 0.3) is 21.9 Å². The molecule has 0 aliphatic carbocycles. The molecule has 0 aliphatic heterocycles. The first kappa shape index (κ1) is 19.6. The number of hydrogen-bond donors (Lipinski definition) is 1. The fourth-order valence-electron chi connectivity index (χ4n) is 3.76. The summed E-state index contributed by atoms with van der Waals surface area (Å²) >= 11 is 1.62. The van der Waals surface area contributed by atoms with Gasteiger partial charge in [-0.05, 0) is 43.2 Å². The predicted molar refractivity (Wildman–Crippen MR) is 127 cm³/mol. The summed E-state index contributed by atoms with van der Waals surface area (Å²) in [6, 6.07) is 26.1. The van der Waals surface area contributed by atoms with Gasteiger partial charge in [-0.3, -0.25) is 4.79 Å². The number of nitrogens with zero attached hydrogens (tertiary/aromatic N) is 3.